The van der Waals surface area contributed by atoms with Crippen LogP contribution in [-0.4, -0.2) is 51.6 Å². The van der Waals surface area contributed by atoms with Crippen LogP contribution in [0.15, 0.2) is 52.7 Å². The molecular weight excluding hydrogens is 492 g/mol. The molecule has 1 aromatic rings. The van der Waals surface area contributed by atoms with Gasteiger partial charge in [0.25, 0.3) is 0 Å². The van der Waals surface area contributed by atoms with Crippen molar-refractivity contribution >= 4 is 0 Å². The number of aliphatic hydroxyl groups excluding tert-OH is 3. The van der Waals surface area contributed by atoms with Gasteiger partial charge in [0.1, 0.15) is 29.8 Å². The summed E-state index contributed by atoms with van der Waals surface area (Å²) in [5.74, 6) is 0.697. The predicted molar refractivity (Wildman–Crippen MR) is 158 cm³/mol. The smallest absolute Gasteiger partial charge is 0.228 e. The summed E-state index contributed by atoms with van der Waals surface area (Å²) in [7, 11) is 0. The zero-order valence-corrected chi connectivity index (χ0v) is 25.0. The van der Waals surface area contributed by atoms with Gasteiger partial charge in [-0.05, 0) is 111 Å². The lowest BCUT2D eigenvalue weighted by atomic mass is 9.99. The van der Waals surface area contributed by atoms with E-state index >= 15 is 0 Å². The van der Waals surface area contributed by atoms with Gasteiger partial charge in [0, 0.05) is 5.56 Å². The van der Waals surface area contributed by atoms with Crippen LogP contribution in [0.1, 0.15) is 89.8 Å². The molecule has 2 rings (SSSR count). The molecule has 0 unspecified atom stereocenters. The average molecular weight is 543 g/mol. The monoisotopic (exact) mass is 542 g/mol. The molecule has 4 atom stereocenters. The van der Waals surface area contributed by atoms with E-state index in [9.17, 15) is 20.4 Å². The van der Waals surface area contributed by atoms with Gasteiger partial charge in [-0.3, -0.25) is 0 Å². The first-order chi connectivity index (χ1) is 18.4. The third-order valence-electron chi connectivity index (χ3n) is 7.42. The predicted octanol–water partition coefficient (Wildman–Crippen LogP) is 6.52. The van der Waals surface area contributed by atoms with Gasteiger partial charge < -0.3 is 29.9 Å². The highest BCUT2D eigenvalue weighted by atomic mass is 16.7. The normalized spacial score (nSPS) is 22.7. The fourth-order valence-electron chi connectivity index (χ4n) is 4.50. The molecule has 0 saturated carbocycles. The summed E-state index contributed by atoms with van der Waals surface area (Å²) in [6.07, 6.45) is 11.0. The van der Waals surface area contributed by atoms with Gasteiger partial charge >= 0.3 is 0 Å². The quantitative estimate of drug-likeness (QED) is 0.212. The van der Waals surface area contributed by atoms with Crippen LogP contribution in [0.2, 0.25) is 0 Å². The van der Waals surface area contributed by atoms with E-state index in [1.54, 1.807) is 6.07 Å². The van der Waals surface area contributed by atoms with Crippen LogP contribution in [0.25, 0.3) is 0 Å². The molecule has 1 saturated heterocycles. The number of hydrogen-bond donors (Lipinski definition) is 4. The highest BCUT2D eigenvalue weighted by Gasteiger charge is 2.39. The van der Waals surface area contributed by atoms with Crippen LogP contribution in [0.5, 0.6) is 11.5 Å². The molecule has 0 aromatic heterocycles. The fraction of sp³-hybridized carbons (Fsp3) is 0.576. The largest absolute Gasteiger partial charge is 0.507 e. The van der Waals surface area contributed by atoms with Crippen LogP contribution >= 0.6 is 0 Å². The average Bonchev–Trinajstić information content (AvgIpc) is 2.88. The molecule has 0 aliphatic carbocycles. The molecule has 1 aliphatic rings. The van der Waals surface area contributed by atoms with E-state index in [0.717, 1.165) is 49.7 Å². The molecule has 0 radical (unpaired) electrons. The van der Waals surface area contributed by atoms with Crippen molar-refractivity contribution in [2.45, 2.75) is 118 Å². The first-order valence-corrected chi connectivity index (χ1v) is 14.1. The fourth-order valence-corrected chi connectivity index (χ4v) is 4.50. The summed E-state index contributed by atoms with van der Waals surface area (Å²) in [6, 6.07) is 1.76. The molecule has 1 fully saturated rings. The molecule has 1 aromatic carbocycles. The van der Waals surface area contributed by atoms with E-state index in [1.807, 2.05) is 13.8 Å². The van der Waals surface area contributed by atoms with Gasteiger partial charge in [-0.25, -0.2) is 0 Å². The molecular formula is C33H50O6. The Balaban J connectivity index is 1.92. The Hall–Kier alpha value is -2.38. The number of benzene rings is 1. The van der Waals surface area contributed by atoms with Gasteiger partial charge in [-0.1, -0.05) is 46.6 Å². The van der Waals surface area contributed by atoms with Crippen LogP contribution in [0.3, 0.4) is 0 Å². The lowest BCUT2D eigenvalue weighted by molar-refractivity contribution is -0.242. The second-order valence-electron chi connectivity index (χ2n) is 11.3. The first kappa shape index (κ1) is 32.8. The summed E-state index contributed by atoms with van der Waals surface area (Å²) in [6.45, 7) is 14.3. The number of phenols is 1. The minimum atomic E-state index is -1.38. The van der Waals surface area contributed by atoms with Gasteiger partial charge in [-0.2, -0.15) is 0 Å². The third kappa shape index (κ3) is 10.6. The molecule has 6 heteroatoms. The Morgan fingerprint density at radius 1 is 0.821 bits per heavy atom. The van der Waals surface area contributed by atoms with Crippen LogP contribution < -0.4 is 4.74 Å². The summed E-state index contributed by atoms with van der Waals surface area (Å²) in [4.78, 5) is 0. The summed E-state index contributed by atoms with van der Waals surface area (Å²) in [5, 5.41) is 40.6. The second-order valence-corrected chi connectivity index (χ2v) is 11.3. The number of hydrogen-bond acceptors (Lipinski definition) is 6. The Morgan fingerprint density at radius 3 is 1.92 bits per heavy atom. The Bertz CT molecular complexity index is 1060. The molecule has 0 spiro atoms. The van der Waals surface area contributed by atoms with Crippen molar-refractivity contribution in [3.8, 4) is 11.5 Å². The minimum Gasteiger partial charge on any atom is -0.507 e. The number of aliphatic hydroxyl groups is 3. The summed E-state index contributed by atoms with van der Waals surface area (Å²) < 4.78 is 11.3. The van der Waals surface area contributed by atoms with Crippen LogP contribution in [0.4, 0.5) is 0 Å². The molecule has 6 nitrogen and oxygen atoms in total. The van der Waals surface area contributed by atoms with E-state index in [0.29, 0.717) is 17.7 Å². The lowest BCUT2D eigenvalue weighted by Crippen LogP contribution is -2.54. The van der Waals surface area contributed by atoms with E-state index in [4.69, 9.17) is 9.47 Å². The van der Waals surface area contributed by atoms with E-state index in [2.05, 4.69) is 58.9 Å². The number of aromatic hydroxyl groups is 1. The highest BCUT2D eigenvalue weighted by molar-refractivity contribution is 5.52. The van der Waals surface area contributed by atoms with Crippen molar-refractivity contribution in [2.75, 3.05) is 6.61 Å². The zero-order valence-electron chi connectivity index (χ0n) is 25.0. The molecule has 1 aliphatic heterocycles. The number of phenolic OH excluding ortho intramolecular Hbond substituents is 1. The van der Waals surface area contributed by atoms with Crippen molar-refractivity contribution in [1.29, 1.82) is 0 Å². The van der Waals surface area contributed by atoms with Crippen molar-refractivity contribution < 1.29 is 29.9 Å². The van der Waals surface area contributed by atoms with Gasteiger partial charge in [0.15, 0.2) is 0 Å². The number of ether oxygens (including phenoxy) is 2. The van der Waals surface area contributed by atoms with E-state index in [1.165, 1.54) is 22.3 Å². The standard InChI is InChI=1S/C33H50O6/c1-21(2)11-8-12-22(3)13-9-14-23(4)15-10-16-24(5)17-18-27-19-29(25(6)26(7)30(27)35)39-33-32(37)31(36)28(34)20-38-33/h11,13,15,17,19,28,31-37H,8-10,12,14,16,18,20H2,1-7H3/b22-13+,23-15+,24-17+/t28-,31+,32-,33+/m1/s1. The van der Waals surface area contributed by atoms with Crippen LogP contribution in [-0.2, 0) is 11.2 Å². The highest BCUT2D eigenvalue weighted by Crippen LogP contribution is 2.35. The third-order valence-corrected chi connectivity index (χ3v) is 7.42. The van der Waals surface area contributed by atoms with E-state index < -0.39 is 24.6 Å². The Morgan fingerprint density at radius 2 is 1.36 bits per heavy atom. The SMILES string of the molecule is CC(C)=CCC/C(C)=C/CC/C(C)=C/CC/C(C)=C/Cc1cc(O[C@@H]2OC[C@@H](O)[C@H](O)[C@H]2O)c(C)c(C)c1O. The number of rotatable bonds is 13. The van der Waals surface area contributed by atoms with Crippen molar-refractivity contribution in [3.63, 3.8) is 0 Å². The van der Waals surface area contributed by atoms with Crippen molar-refractivity contribution in [1.82, 2.24) is 0 Å². The maximum atomic E-state index is 10.7. The second kappa shape index (κ2) is 16.0. The maximum absolute atomic E-state index is 10.7. The summed E-state index contributed by atoms with van der Waals surface area (Å²) >= 11 is 0. The van der Waals surface area contributed by atoms with Crippen LogP contribution in [0, 0.1) is 13.8 Å². The molecule has 4 N–H and O–H groups in total. The van der Waals surface area contributed by atoms with Crippen molar-refractivity contribution in [3.05, 3.63) is 69.4 Å². The topological polar surface area (TPSA) is 99.4 Å². The zero-order chi connectivity index (χ0) is 29.1. The molecule has 218 valence electrons. The minimum absolute atomic E-state index is 0.130. The first-order valence-electron chi connectivity index (χ1n) is 14.1. The van der Waals surface area contributed by atoms with Gasteiger partial charge in [0.05, 0.1) is 6.61 Å². The molecule has 39 heavy (non-hydrogen) atoms. The molecule has 1 heterocycles. The summed E-state index contributed by atoms with van der Waals surface area (Å²) in [5.41, 5.74) is 7.64. The van der Waals surface area contributed by atoms with E-state index in [-0.39, 0.29) is 12.4 Å². The molecule has 0 bridgehead atoms. The molecule has 0 amide bonds. The Labute approximate surface area is 235 Å². The lowest BCUT2D eigenvalue weighted by Gasteiger charge is -2.35. The van der Waals surface area contributed by atoms with Gasteiger partial charge in [-0.15, -0.1) is 0 Å². The van der Waals surface area contributed by atoms with Gasteiger partial charge in [0.2, 0.25) is 6.29 Å². The van der Waals surface area contributed by atoms with Crippen molar-refractivity contribution in [2.24, 2.45) is 0 Å². The number of allylic oxidation sites excluding steroid dienone is 8. The maximum Gasteiger partial charge on any atom is 0.228 e. The Kier molecular flexibility index (Phi) is 13.5.